The van der Waals surface area contributed by atoms with Crippen molar-refractivity contribution in [2.75, 3.05) is 12.9 Å². The van der Waals surface area contributed by atoms with Gasteiger partial charge in [0.1, 0.15) is 0 Å². The van der Waals surface area contributed by atoms with Gasteiger partial charge < -0.3 is 4.74 Å². The molecule has 0 bridgehead atoms. The van der Waals surface area contributed by atoms with E-state index in [0.29, 0.717) is 5.56 Å². The zero-order valence-corrected chi connectivity index (χ0v) is 16.6. The minimum Gasteiger partial charge on any atom is -0.465 e. The molecule has 0 spiro atoms. The number of aromatic nitrogens is 1. The third-order valence-electron chi connectivity index (χ3n) is 3.61. The standard InChI is InChI=1S/C20H17N3O3S2/c1-26-19(25)16-9-7-14(8-10-16)11-21-23-18(24)13-28-20-22-17(12-27-20)15-5-3-2-4-6-15/h2-12H,13H2,1H3,(H,23,24)/b21-11+. The quantitative estimate of drug-likeness (QED) is 0.277. The predicted octanol–water partition coefficient (Wildman–Crippen LogP) is 3.84. The SMILES string of the molecule is COC(=O)c1ccc(/C=N/NC(=O)CSc2nc(-c3ccccc3)cs2)cc1. The lowest BCUT2D eigenvalue weighted by molar-refractivity contribution is -0.118. The first-order valence-electron chi connectivity index (χ1n) is 8.30. The maximum Gasteiger partial charge on any atom is 0.337 e. The van der Waals surface area contributed by atoms with E-state index in [4.69, 9.17) is 0 Å². The topological polar surface area (TPSA) is 80.6 Å². The number of hydrazone groups is 1. The summed E-state index contributed by atoms with van der Waals surface area (Å²) < 4.78 is 5.47. The number of hydrogen-bond donors (Lipinski definition) is 1. The van der Waals surface area contributed by atoms with E-state index in [9.17, 15) is 9.59 Å². The Labute approximate surface area is 170 Å². The van der Waals surface area contributed by atoms with Gasteiger partial charge in [-0.05, 0) is 17.7 Å². The van der Waals surface area contributed by atoms with Crippen LogP contribution in [0.4, 0.5) is 0 Å². The maximum atomic E-state index is 11.9. The summed E-state index contributed by atoms with van der Waals surface area (Å²) in [7, 11) is 1.33. The van der Waals surface area contributed by atoms with Crippen molar-refractivity contribution in [1.29, 1.82) is 0 Å². The van der Waals surface area contributed by atoms with Gasteiger partial charge in [-0.2, -0.15) is 5.10 Å². The molecule has 2 aromatic carbocycles. The lowest BCUT2D eigenvalue weighted by Gasteiger charge is -2.00. The van der Waals surface area contributed by atoms with Gasteiger partial charge >= 0.3 is 5.97 Å². The minimum atomic E-state index is -0.397. The van der Waals surface area contributed by atoms with Crippen molar-refractivity contribution in [3.05, 3.63) is 71.1 Å². The van der Waals surface area contributed by atoms with Crippen molar-refractivity contribution in [2.45, 2.75) is 4.34 Å². The molecule has 0 atom stereocenters. The molecule has 0 aliphatic heterocycles. The van der Waals surface area contributed by atoms with Gasteiger partial charge in [0, 0.05) is 10.9 Å². The van der Waals surface area contributed by atoms with Crippen LogP contribution in [-0.4, -0.2) is 35.9 Å². The van der Waals surface area contributed by atoms with Crippen molar-refractivity contribution in [3.8, 4) is 11.3 Å². The Morgan fingerprint density at radius 2 is 1.93 bits per heavy atom. The number of nitrogens with one attached hydrogen (secondary N) is 1. The summed E-state index contributed by atoms with van der Waals surface area (Å²) in [5, 5.41) is 5.91. The van der Waals surface area contributed by atoms with Crippen molar-refractivity contribution in [1.82, 2.24) is 10.4 Å². The Hall–Kier alpha value is -2.97. The molecule has 3 aromatic rings. The third kappa shape index (κ3) is 5.51. The summed E-state index contributed by atoms with van der Waals surface area (Å²) >= 11 is 2.88. The molecule has 1 N–H and O–H groups in total. The van der Waals surface area contributed by atoms with E-state index in [1.807, 2.05) is 35.7 Å². The molecule has 0 aliphatic carbocycles. The first kappa shape index (κ1) is 19.8. The van der Waals surface area contributed by atoms with Gasteiger partial charge in [-0.25, -0.2) is 15.2 Å². The Bertz CT molecular complexity index is 970. The molecular weight excluding hydrogens is 394 g/mol. The molecule has 1 amide bonds. The fourth-order valence-electron chi connectivity index (χ4n) is 2.23. The number of esters is 1. The van der Waals surface area contributed by atoms with E-state index in [1.165, 1.54) is 36.4 Å². The zero-order valence-electron chi connectivity index (χ0n) is 15.0. The van der Waals surface area contributed by atoms with Crippen LogP contribution >= 0.6 is 23.1 Å². The summed E-state index contributed by atoms with van der Waals surface area (Å²) in [4.78, 5) is 27.9. The second kappa shape index (κ2) is 9.82. The molecule has 0 saturated heterocycles. The van der Waals surface area contributed by atoms with Crippen LogP contribution in [0, 0.1) is 0 Å². The van der Waals surface area contributed by atoms with E-state index in [-0.39, 0.29) is 11.7 Å². The Morgan fingerprint density at radius 3 is 2.64 bits per heavy atom. The van der Waals surface area contributed by atoms with Gasteiger partial charge in [0.15, 0.2) is 4.34 Å². The van der Waals surface area contributed by atoms with Crippen LogP contribution < -0.4 is 5.43 Å². The van der Waals surface area contributed by atoms with Gasteiger partial charge in [0.25, 0.3) is 5.91 Å². The summed E-state index contributed by atoms with van der Waals surface area (Å²) in [5.74, 6) is -0.393. The number of rotatable bonds is 7. The van der Waals surface area contributed by atoms with Gasteiger partial charge in [0.05, 0.1) is 30.3 Å². The lowest BCUT2D eigenvalue weighted by Crippen LogP contribution is -2.19. The number of carbonyl (C=O) groups excluding carboxylic acids is 2. The summed E-state index contributed by atoms with van der Waals surface area (Å²) in [5.41, 5.74) is 5.66. The normalized spacial score (nSPS) is 10.8. The molecule has 0 aliphatic rings. The van der Waals surface area contributed by atoms with Gasteiger partial charge in [0.2, 0.25) is 0 Å². The molecule has 3 rings (SSSR count). The highest BCUT2D eigenvalue weighted by Crippen LogP contribution is 2.27. The van der Waals surface area contributed by atoms with Crippen LogP contribution in [0.15, 0.2) is 69.4 Å². The number of benzene rings is 2. The highest BCUT2D eigenvalue weighted by molar-refractivity contribution is 8.01. The minimum absolute atomic E-state index is 0.219. The molecule has 0 saturated carbocycles. The third-order valence-corrected chi connectivity index (χ3v) is 5.64. The number of thioether (sulfide) groups is 1. The molecule has 1 heterocycles. The summed E-state index contributed by atoms with van der Waals surface area (Å²) in [6, 6.07) is 16.6. The lowest BCUT2D eigenvalue weighted by atomic mass is 10.1. The van der Waals surface area contributed by atoms with Gasteiger partial charge in [-0.3, -0.25) is 4.79 Å². The van der Waals surface area contributed by atoms with Crippen molar-refractivity contribution in [3.63, 3.8) is 0 Å². The zero-order chi connectivity index (χ0) is 19.8. The van der Waals surface area contributed by atoms with Gasteiger partial charge in [-0.1, -0.05) is 54.2 Å². The molecule has 8 heteroatoms. The molecule has 6 nitrogen and oxygen atoms in total. The monoisotopic (exact) mass is 411 g/mol. The van der Waals surface area contributed by atoms with Gasteiger partial charge in [-0.15, -0.1) is 11.3 Å². The number of methoxy groups -OCH3 is 1. The van der Waals surface area contributed by atoms with E-state index in [2.05, 4.69) is 20.2 Å². The smallest absolute Gasteiger partial charge is 0.337 e. The van der Waals surface area contributed by atoms with E-state index >= 15 is 0 Å². The fraction of sp³-hybridized carbons (Fsp3) is 0.100. The number of nitrogens with zero attached hydrogens (tertiary/aromatic N) is 2. The molecule has 28 heavy (non-hydrogen) atoms. The van der Waals surface area contributed by atoms with Crippen LogP contribution in [0.25, 0.3) is 11.3 Å². The number of carbonyl (C=O) groups is 2. The van der Waals surface area contributed by atoms with Crippen LogP contribution in [0.2, 0.25) is 0 Å². The molecule has 0 unspecified atom stereocenters. The average Bonchev–Trinajstić information content (AvgIpc) is 3.22. The highest BCUT2D eigenvalue weighted by atomic mass is 32.2. The second-order valence-corrected chi connectivity index (χ2v) is 7.64. The first-order chi connectivity index (χ1) is 13.7. The van der Waals surface area contributed by atoms with Crippen LogP contribution in [0.5, 0.6) is 0 Å². The first-order valence-corrected chi connectivity index (χ1v) is 10.2. The van der Waals surface area contributed by atoms with Crippen molar-refractivity contribution >= 4 is 41.2 Å². The molecule has 0 fully saturated rings. The molecular formula is C20H17N3O3S2. The number of thiazole rings is 1. The maximum absolute atomic E-state index is 11.9. The van der Waals surface area contributed by atoms with Crippen LogP contribution in [-0.2, 0) is 9.53 Å². The van der Waals surface area contributed by atoms with E-state index < -0.39 is 5.97 Å². The van der Waals surface area contributed by atoms with Crippen LogP contribution in [0.1, 0.15) is 15.9 Å². The largest absolute Gasteiger partial charge is 0.465 e. The number of amides is 1. The van der Waals surface area contributed by atoms with E-state index in [0.717, 1.165) is 21.2 Å². The number of hydrogen-bond acceptors (Lipinski definition) is 7. The van der Waals surface area contributed by atoms with E-state index in [1.54, 1.807) is 24.3 Å². The Kier molecular flexibility index (Phi) is 6.94. The molecule has 0 radical (unpaired) electrons. The summed E-state index contributed by atoms with van der Waals surface area (Å²) in [6.45, 7) is 0. The molecule has 1 aromatic heterocycles. The second-order valence-electron chi connectivity index (χ2n) is 5.56. The van der Waals surface area contributed by atoms with Crippen molar-refractivity contribution < 1.29 is 14.3 Å². The fourth-order valence-corrected chi connectivity index (χ4v) is 3.85. The van der Waals surface area contributed by atoms with Crippen LogP contribution in [0.3, 0.4) is 0 Å². The number of ether oxygens (including phenoxy) is 1. The summed E-state index contributed by atoms with van der Waals surface area (Å²) in [6.07, 6.45) is 1.51. The van der Waals surface area contributed by atoms with Crippen molar-refractivity contribution in [2.24, 2.45) is 5.10 Å². The Morgan fingerprint density at radius 1 is 1.18 bits per heavy atom. The average molecular weight is 412 g/mol. The Balaban J connectivity index is 1.46. The highest BCUT2D eigenvalue weighted by Gasteiger charge is 2.07. The molecule has 142 valence electrons. The predicted molar refractivity (Wildman–Crippen MR) is 112 cm³/mol.